The van der Waals surface area contributed by atoms with Crippen LogP contribution in [-0.2, 0) is 0 Å². The van der Waals surface area contributed by atoms with Gasteiger partial charge in [0, 0.05) is 0 Å². The second-order valence-corrected chi connectivity index (χ2v) is 1.69. The Bertz CT molecular complexity index is 82.5. The van der Waals surface area contributed by atoms with Crippen LogP contribution in [0.2, 0.25) is 0 Å². The predicted octanol–water partition coefficient (Wildman–Crippen LogP) is -1.95. The Balaban J connectivity index is 0. The maximum atomic E-state index is 10.3. The summed E-state index contributed by atoms with van der Waals surface area (Å²) in [5, 5.41) is 10.3. The van der Waals surface area contributed by atoms with Gasteiger partial charge in [0.05, 0.1) is 0 Å². The van der Waals surface area contributed by atoms with Gasteiger partial charge in [-0.3, -0.25) is 0 Å². The van der Waals surface area contributed by atoms with Crippen LogP contribution < -0.4 is 24.0 Å². The minimum absolute atomic E-state index is 0. The fraction of sp³-hybridized carbons (Fsp3) is 0.667. The fourth-order valence-electron chi connectivity index (χ4n) is 0.249. The van der Waals surface area contributed by atoms with Crippen LogP contribution in [-0.4, -0.2) is 0 Å². The third-order valence-corrected chi connectivity index (χ3v) is 1.13. The van der Waals surface area contributed by atoms with Crippen LogP contribution in [0, 0.1) is 0 Å². The molecule has 0 N–H and O–H groups in total. The molecule has 1 nitrogen and oxygen atoms in total. The molecule has 2 heteroatoms. The zero-order chi connectivity index (χ0) is 5.86. The van der Waals surface area contributed by atoms with Crippen LogP contribution in [0.1, 0.15) is 27.2 Å². The van der Waals surface area contributed by atoms with E-state index in [4.69, 9.17) is 0 Å². The maximum Gasteiger partial charge on any atom is 1.00 e. The monoisotopic (exact) mass is 106 g/mol. The first-order valence-corrected chi connectivity index (χ1v) is 2.51. The molecule has 0 fully saturated rings. The van der Waals surface area contributed by atoms with Gasteiger partial charge >= 0.3 is 18.9 Å². The molecule has 0 radical (unpaired) electrons. The summed E-state index contributed by atoms with van der Waals surface area (Å²) < 4.78 is 0. The molecule has 0 aromatic heterocycles. The summed E-state index contributed by atoms with van der Waals surface area (Å²) >= 11 is 0. The summed E-state index contributed by atoms with van der Waals surface area (Å²) in [4.78, 5) is 0. The summed E-state index contributed by atoms with van der Waals surface area (Å²) in [6.07, 6.45) is 0.884. The molecular weight excluding hydrogens is 95.0 g/mol. The molecule has 42 valence electrons. The average Bonchev–Trinajstić information content (AvgIpc) is 1.65. The van der Waals surface area contributed by atoms with Gasteiger partial charge in [-0.1, -0.05) is 19.4 Å². The first-order chi connectivity index (χ1) is 3.18. The third kappa shape index (κ3) is 4.30. The minimum Gasteiger partial charge on any atom is -0.876 e. The van der Waals surface area contributed by atoms with E-state index in [-0.39, 0.29) is 24.6 Å². The quantitative estimate of drug-likeness (QED) is 0.281. The molecule has 0 saturated carbocycles. The molecule has 0 spiro atoms. The summed E-state index contributed by atoms with van der Waals surface area (Å²) in [7, 11) is 0. The summed E-state index contributed by atoms with van der Waals surface area (Å²) in [5.41, 5.74) is 0.958. The van der Waals surface area contributed by atoms with Gasteiger partial charge in [0.1, 0.15) is 0 Å². The molecule has 0 saturated heterocycles. The molecule has 0 aromatic rings. The Morgan fingerprint density at radius 3 is 1.75 bits per heavy atom. The zero-order valence-corrected chi connectivity index (χ0v) is 6.12. The molecule has 0 aliphatic carbocycles. The van der Waals surface area contributed by atoms with Crippen LogP contribution in [0.15, 0.2) is 11.3 Å². The van der Waals surface area contributed by atoms with Gasteiger partial charge in [-0.2, -0.15) is 0 Å². The smallest absolute Gasteiger partial charge is 0.876 e. The largest absolute Gasteiger partial charge is 1.00 e. The normalized spacial score (nSPS) is 11.9. The molecule has 0 unspecified atom stereocenters. The second-order valence-electron chi connectivity index (χ2n) is 1.69. The average molecular weight is 106 g/mol. The van der Waals surface area contributed by atoms with Crippen LogP contribution in [0.25, 0.3) is 0 Å². The first-order valence-electron chi connectivity index (χ1n) is 2.51. The van der Waals surface area contributed by atoms with Crippen molar-refractivity contribution in [1.29, 1.82) is 0 Å². The molecule has 0 heterocycles. The standard InChI is InChI=1S/C6H12O.Li/c1-4-5(2)6(3)7;/h7H,4H2,1-3H3;/q;+1/p-1/b6-5+;. The topological polar surface area (TPSA) is 23.1 Å². The molecule has 0 aromatic carbocycles. The summed E-state index contributed by atoms with van der Waals surface area (Å²) in [6.45, 7) is 5.44. The van der Waals surface area contributed by atoms with E-state index in [2.05, 4.69) is 0 Å². The molecule has 0 amide bonds. The molecule has 8 heavy (non-hydrogen) atoms. The van der Waals surface area contributed by atoms with Crippen molar-refractivity contribution in [2.24, 2.45) is 0 Å². The van der Waals surface area contributed by atoms with Gasteiger partial charge < -0.3 is 5.11 Å². The van der Waals surface area contributed by atoms with Crippen molar-refractivity contribution in [3.8, 4) is 0 Å². The zero-order valence-electron chi connectivity index (χ0n) is 6.12. The van der Waals surface area contributed by atoms with Crippen molar-refractivity contribution in [3.05, 3.63) is 11.3 Å². The molecule has 0 aliphatic rings. The van der Waals surface area contributed by atoms with E-state index in [1.54, 1.807) is 6.92 Å². The van der Waals surface area contributed by atoms with E-state index >= 15 is 0 Å². The molecule has 0 atom stereocenters. The van der Waals surface area contributed by atoms with Gasteiger partial charge in [-0.05, 0) is 13.3 Å². The van der Waals surface area contributed by atoms with Gasteiger partial charge in [0.2, 0.25) is 0 Å². The van der Waals surface area contributed by atoms with Crippen LogP contribution in [0.4, 0.5) is 0 Å². The Kier molecular flexibility index (Phi) is 7.26. The van der Waals surface area contributed by atoms with E-state index in [9.17, 15) is 5.11 Å². The number of rotatable bonds is 1. The minimum atomic E-state index is 0. The van der Waals surface area contributed by atoms with Gasteiger partial charge in [0.15, 0.2) is 0 Å². The molecule has 0 bridgehead atoms. The maximum absolute atomic E-state index is 10.3. The van der Waals surface area contributed by atoms with Crippen molar-refractivity contribution < 1.29 is 24.0 Å². The van der Waals surface area contributed by atoms with E-state index < -0.39 is 0 Å². The van der Waals surface area contributed by atoms with E-state index in [1.807, 2.05) is 13.8 Å². The molecular formula is C6H11LiO. The van der Waals surface area contributed by atoms with Crippen molar-refractivity contribution >= 4 is 0 Å². The Morgan fingerprint density at radius 1 is 1.38 bits per heavy atom. The summed E-state index contributed by atoms with van der Waals surface area (Å²) in [6, 6.07) is 0. The van der Waals surface area contributed by atoms with Crippen molar-refractivity contribution in [1.82, 2.24) is 0 Å². The van der Waals surface area contributed by atoms with Crippen LogP contribution in [0.3, 0.4) is 0 Å². The van der Waals surface area contributed by atoms with Gasteiger partial charge in [-0.15, -0.1) is 5.76 Å². The van der Waals surface area contributed by atoms with Crippen LogP contribution >= 0.6 is 0 Å². The second kappa shape index (κ2) is 5.28. The van der Waals surface area contributed by atoms with Crippen molar-refractivity contribution in [3.63, 3.8) is 0 Å². The number of allylic oxidation sites excluding steroid dienone is 2. The molecule has 0 aliphatic heterocycles. The van der Waals surface area contributed by atoms with E-state index in [1.165, 1.54) is 0 Å². The summed E-state index contributed by atoms with van der Waals surface area (Å²) in [5.74, 6) is 0.211. The predicted molar refractivity (Wildman–Crippen MR) is 28.7 cm³/mol. The van der Waals surface area contributed by atoms with E-state index in [0.717, 1.165) is 12.0 Å². The van der Waals surface area contributed by atoms with Gasteiger partial charge in [0.25, 0.3) is 0 Å². The number of hydrogen-bond acceptors (Lipinski definition) is 1. The van der Waals surface area contributed by atoms with Crippen LogP contribution in [0.5, 0.6) is 0 Å². The fourth-order valence-corrected chi connectivity index (χ4v) is 0.249. The van der Waals surface area contributed by atoms with Gasteiger partial charge in [-0.25, -0.2) is 0 Å². The third-order valence-electron chi connectivity index (χ3n) is 1.13. The SMILES string of the molecule is CC/C(C)=C(\C)[O-].[Li+]. The number of hydrogen-bond donors (Lipinski definition) is 0. The Labute approximate surface area is 63.0 Å². The first kappa shape index (κ1) is 11.0. The Morgan fingerprint density at radius 2 is 1.75 bits per heavy atom. The van der Waals surface area contributed by atoms with Crippen molar-refractivity contribution in [2.75, 3.05) is 0 Å². The Hall–Kier alpha value is 0.137. The van der Waals surface area contributed by atoms with Crippen molar-refractivity contribution in [2.45, 2.75) is 27.2 Å². The molecule has 0 rings (SSSR count). The van der Waals surface area contributed by atoms with E-state index in [0.29, 0.717) is 0 Å².